The van der Waals surface area contributed by atoms with Crippen LogP contribution in [0, 0.1) is 0 Å². The Hall–Kier alpha value is -1.04. The second kappa shape index (κ2) is 2.91. The molecule has 60 valence electrons. The van der Waals surface area contributed by atoms with E-state index in [1.165, 1.54) is 0 Å². The summed E-state index contributed by atoms with van der Waals surface area (Å²) in [5, 5.41) is 8.31. The molecule has 1 rings (SSSR count). The van der Waals surface area contributed by atoms with Crippen molar-refractivity contribution in [2.45, 2.75) is 6.43 Å². The predicted molar refractivity (Wildman–Crippen MR) is 34.0 cm³/mol. The molecule has 1 aromatic rings. The maximum Gasteiger partial charge on any atom is 0.355 e. The molecule has 11 heavy (non-hydrogen) atoms. The average molecular weight is 179 g/mol. The molecule has 0 unspecified atom stereocenters. The minimum absolute atomic E-state index is 0.488. The van der Waals surface area contributed by atoms with E-state index in [2.05, 4.69) is 4.98 Å². The molecule has 0 aliphatic rings. The highest BCUT2D eigenvalue weighted by Gasteiger charge is 2.20. The van der Waals surface area contributed by atoms with Crippen LogP contribution in [0.4, 0.5) is 8.78 Å². The van der Waals surface area contributed by atoms with Crippen molar-refractivity contribution in [3.8, 4) is 0 Å². The van der Waals surface area contributed by atoms with E-state index in [-0.39, 0.29) is 0 Å². The van der Waals surface area contributed by atoms with Crippen molar-refractivity contribution in [3.63, 3.8) is 0 Å². The fourth-order valence-electron chi connectivity index (χ4n) is 0.571. The Morgan fingerprint density at radius 3 is 2.73 bits per heavy atom. The molecule has 0 spiro atoms. The summed E-state index contributed by atoms with van der Waals surface area (Å²) >= 11 is 0.644. The van der Waals surface area contributed by atoms with E-state index < -0.39 is 23.0 Å². The van der Waals surface area contributed by atoms with Crippen LogP contribution in [0.1, 0.15) is 21.8 Å². The zero-order valence-corrected chi connectivity index (χ0v) is 5.94. The SMILES string of the molecule is O=C(O)c1ncsc1C(F)F. The number of aromatic carboxylic acids is 1. The smallest absolute Gasteiger partial charge is 0.355 e. The Labute approximate surface area is 64.3 Å². The van der Waals surface area contributed by atoms with Gasteiger partial charge in [0.2, 0.25) is 0 Å². The fourth-order valence-corrected chi connectivity index (χ4v) is 1.20. The van der Waals surface area contributed by atoms with Gasteiger partial charge in [-0.3, -0.25) is 0 Å². The van der Waals surface area contributed by atoms with Crippen LogP contribution in [-0.4, -0.2) is 16.1 Å². The maximum absolute atomic E-state index is 11.9. The van der Waals surface area contributed by atoms with Gasteiger partial charge in [0, 0.05) is 0 Å². The molecule has 0 amide bonds. The average Bonchev–Trinajstić information content (AvgIpc) is 2.32. The zero-order valence-electron chi connectivity index (χ0n) is 5.12. The summed E-state index contributed by atoms with van der Waals surface area (Å²) in [6, 6.07) is 0. The molecule has 0 aromatic carbocycles. The van der Waals surface area contributed by atoms with Gasteiger partial charge >= 0.3 is 5.97 Å². The van der Waals surface area contributed by atoms with Gasteiger partial charge in [0.25, 0.3) is 6.43 Å². The summed E-state index contributed by atoms with van der Waals surface area (Å²) in [6.07, 6.45) is -2.76. The number of carboxylic acids is 1. The Balaban J connectivity index is 3.06. The monoisotopic (exact) mass is 179 g/mol. The quantitative estimate of drug-likeness (QED) is 0.752. The number of carbonyl (C=O) groups is 1. The van der Waals surface area contributed by atoms with Gasteiger partial charge in [-0.2, -0.15) is 0 Å². The van der Waals surface area contributed by atoms with Crippen molar-refractivity contribution in [2.75, 3.05) is 0 Å². The molecule has 6 heteroatoms. The number of carboxylic acid groups (broad SMARTS) is 1. The third-order valence-electron chi connectivity index (χ3n) is 0.996. The van der Waals surface area contributed by atoms with Crippen molar-refractivity contribution < 1.29 is 18.7 Å². The molecule has 3 nitrogen and oxygen atoms in total. The molecule has 0 fully saturated rings. The highest BCUT2D eigenvalue weighted by Crippen LogP contribution is 2.25. The standard InChI is InChI=1S/C5H3F2NO2S/c6-4(7)3-2(5(9)10)8-1-11-3/h1,4H,(H,9,10). The lowest BCUT2D eigenvalue weighted by atomic mass is 10.4. The Morgan fingerprint density at radius 2 is 2.36 bits per heavy atom. The molecule has 0 bridgehead atoms. The summed E-state index contributed by atoms with van der Waals surface area (Å²) in [4.78, 5) is 13.0. The molecule has 0 aliphatic carbocycles. The van der Waals surface area contributed by atoms with E-state index in [1.807, 2.05) is 0 Å². The first-order chi connectivity index (χ1) is 5.13. The first kappa shape index (κ1) is 8.06. The van der Waals surface area contributed by atoms with Crippen LogP contribution in [0.5, 0.6) is 0 Å². The number of rotatable bonds is 2. The van der Waals surface area contributed by atoms with E-state index in [4.69, 9.17) is 5.11 Å². The number of aromatic nitrogens is 1. The minimum Gasteiger partial charge on any atom is -0.476 e. The fraction of sp³-hybridized carbons (Fsp3) is 0.200. The van der Waals surface area contributed by atoms with E-state index in [0.29, 0.717) is 11.3 Å². The summed E-state index contributed by atoms with van der Waals surface area (Å²) in [5.41, 5.74) is 0.537. The number of hydrogen-bond donors (Lipinski definition) is 1. The molecule has 0 aliphatic heterocycles. The van der Waals surface area contributed by atoms with Crippen LogP contribution in [0.2, 0.25) is 0 Å². The number of hydrogen-bond acceptors (Lipinski definition) is 3. The lowest BCUT2D eigenvalue weighted by Crippen LogP contribution is -2.00. The van der Waals surface area contributed by atoms with Gasteiger partial charge in [-0.25, -0.2) is 18.6 Å². The highest BCUT2D eigenvalue weighted by atomic mass is 32.1. The van der Waals surface area contributed by atoms with Crippen LogP contribution >= 0.6 is 11.3 Å². The highest BCUT2D eigenvalue weighted by molar-refractivity contribution is 7.10. The van der Waals surface area contributed by atoms with Crippen molar-refractivity contribution in [1.82, 2.24) is 4.98 Å². The molecule has 0 atom stereocenters. The first-order valence-electron chi connectivity index (χ1n) is 2.57. The number of nitrogens with zero attached hydrogens (tertiary/aromatic N) is 1. The van der Waals surface area contributed by atoms with Crippen LogP contribution in [0.3, 0.4) is 0 Å². The lowest BCUT2D eigenvalue weighted by molar-refractivity contribution is 0.0680. The number of thiazole rings is 1. The maximum atomic E-state index is 11.9. The van der Waals surface area contributed by atoms with Crippen molar-refractivity contribution in [2.24, 2.45) is 0 Å². The summed E-state index contributed by atoms with van der Waals surface area (Å²) in [6.45, 7) is 0. The topological polar surface area (TPSA) is 50.2 Å². The normalized spacial score (nSPS) is 10.5. The van der Waals surface area contributed by atoms with Crippen LogP contribution < -0.4 is 0 Å². The molecule has 1 heterocycles. The predicted octanol–water partition coefficient (Wildman–Crippen LogP) is 1.78. The van der Waals surface area contributed by atoms with E-state index in [9.17, 15) is 13.6 Å². The van der Waals surface area contributed by atoms with E-state index in [1.54, 1.807) is 0 Å². The summed E-state index contributed by atoms with van der Waals surface area (Å²) < 4.78 is 23.9. The van der Waals surface area contributed by atoms with Gasteiger partial charge in [0.15, 0.2) is 5.69 Å². The molecule has 1 aromatic heterocycles. The second-order valence-corrected chi connectivity index (χ2v) is 2.56. The minimum atomic E-state index is -2.76. The van der Waals surface area contributed by atoms with Crippen molar-refractivity contribution >= 4 is 17.3 Å². The van der Waals surface area contributed by atoms with Gasteiger partial charge in [0.1, 0.15) is 4.88 Å². The molecular formula is C5H3F2NO2S. The lowest BCUT2D eigenvalue weighted by Gasteiger charge is -1.93. The third-order valence-corrected chi connectivity index (χ3v) is 1.83. The van der Waals surface area contributed by atoms with Crippen LogP contribution in [0.25, 0.3) is 0 Å². The Bertz CT molecular complexity index is 273. The van der Waals surface area contributed by atoms with Gasteiger partial charge in [-0.15, -0.1) is 11.3 Å². The molecule has 0 saturated heterocycles. The molecular weight excluding hydrogens is 176 g/mol. The molecule has 0 radical (unpaired) electrons. The van der Waals surface area contributed by atoms with Crippen LogP contribution in [-0.2, 0) is 0 Å². The summed E-state index contributed by atoms with van der Waals surface area (Å²) in [7, 11) is 0. The van der Waals surface area contributed by atoms with Gasteiger partial charge in [0.05, 0.1) is 5.51 Å². The summed E-state index contributed by atoms with van der Waals surface area (Å²) in [5.74, 6) is -1.42. The zero-order chi connectivity index (χ0) is 8.43. The Morgan fingerprint density at radius 1 is 1.73 bits per heavy atom. The van der Waals surface area contributed by atoms with Gasteiger partial charge in [-0.05, 0) is 0 Å². The first-order valence-corrected chi connectivity index (χ1v) is 3.45. The molecule has 0 saturated carbocycles. The van der Waals surface area contributed by atoms with Gasteiger partial charge in [-0.1, -0.05) is 0 Å². The van der Waals surface area contributed by atoms with E-state index >= 15 is 0 Å². The number of alkyl halides is 2. The van der Waals surface area contributed by atoms with E-state index in [0.717, 1.165) is 5.51 Å². The second-order valence-electron chi connectivity index (χ2n) is 1.67. The van der Waals surface area contributed by atoms with Crippen LogP contribution in [0.15, 0.2) is 5.51 Å². The third kappa shape index (κ3) is 1.51. The van der Waals surface area contributed by atoms with Gasteiger partial charge < -0.3 is 5.11 Å². The molecule has 1 N–H and O–H groups in total. The number of halogens is 2. The van der Waals surface area contributed by atoms with Crippen molar-refractivity contribution in [3.05, 3.63) is 16.1 Å². The largest absolute Gasteiger partial charge is 0.476 e. The van der Waals surface area contributed by atoms with Crippen molar-refractivity contribution in [1.29, 1.82) is 0 Å². The Kier molecular flexibility index (Phi) is 2.13.